The van der Waals surface area contributed by atoms with Crippen LogP contribution in [0.2, 0.25) is 0 Å². The molecule has 0 saturated heterocycles. The first-order valence-electron chi connectivity index (χ1n) is 5.86. The fraction of sp³-hybridized carbons (Fsp3) is 0.0667. The van der Waals surface area contributed by atoms with Gasteiger partial charge in [0.1, 0.15) is 11.9 Å². The van der Waals surface area contributed by atoms with Crippen LogP contribution in [0.25, 0.3) is 10.9 Å². The van der Waals surface area contributed by atoms with Gasteiger partial charge in [0.25, 0.3) is 0 Å². The van der Waals surface area contributed by atoms with Gasteiger partial charge in [0, 0.05) is 21.6 Å². The smallest absolute Gasteiger partial charge is 0.124 e. The maximum atomic E-state index is 13.1. The van der Waals surface area contributed by atoms with Crippen LogP contribution in [0.3, 0.4) is 0 Å². The monoisotopic (exact) mass is 319 g/mol. The summed E-state index contributed by atoms with van der Waals surface area (Å²) in [4.78, 5) is 3.11. The highest BCUT2D eigenvalue weighted by Crippen LogP contribution is 2.32. The van der Waals surface area contributed by atoms with Crippen LogP contribution in [0.1, 0.15) is 17.2 Å². The average Bonchev–Trinajstić information content (AvgIpc) is 2.86. The Morgan fingerprint density at radius 2 is 1.95 bits per heavy atom. The van der Waals surface area contributed by atoms with Crippen LogP contribution in [0.15, 0.2) is 53.1 Å². The van der Waals surface area contributed by atoms with Crippen LogP contribution in [-0.2, 0) is 0 Å². The van der Waals surface area contributed by atoms with E-state index in [9.17, 15) is 9.50 Å². The van der Waals surface area contributed by atoms with E-state index in [2.05, 4.69) is 20.9 Å². The Morgan fingerprint density at radius 3 is 2.74 bits per heavy atom. The van der Waals surface area contributed by atoms with Crippen LogP contribution >= 0.6 is 15.9 Å². The fourth-order valence-corrected chi connectivity index (χ4v) is 2.81. The second-order valence-corrected chi connectivity index (χ2v) is 5.21. The van der Waals surface area contributed by atoms with E-state index in [1.54, 1.807) is 6.07 Å². The van der Waals surface area contributed by atoms with E-state index in [4.69, 9.17) is 0 Å². The van der Waals surface area contributed by atoms with E-state index in [0.717, 1.165) is 16.5 Å². The summed E-state index contributed by atoms with van der Waals surface area (Å²) in [5, 5.41) is 11.5. The number of nitrogens with one attached hydrogen (secondary N) is 1. The van der Waals surface area contributed by atoms with Gasteiger partial charge in [-0.05, 0) is 35.4 Å². The molecule has 1 unspecified atom stereocenters. The minimum Gasteiger partial charge on any atom is -0.384 e. The van der Waals surface area contributed by atoms with Crippen LogP contribution < -0.4 is 0 Å². The van der Waals surface area contributed by atoms with Crippen LogP contribution in [0.5, 0.6) is 0 Å². The Labute approximate surface area is 118 Å². The predicted octanol–water partition coefficient (Wildman–Crippen LogP) is 4.15. The SMILES string of the molecule is OC(c1ccc(F)cc1Br)c1cccc2[nH]ccc12. The third kappa shape index (κ3) is 2.17. The molecule has 2 N–H and O–H groups in total. The maximum absolute atomic E-state index is 13.1. The zero-order valence-electron chi connectivity index (χ0n) is 9.90. The number of halogens is 2. The van der Waals surface area contributed by atoms with Crippen molar-refractivity contribution in [1.29, 1.82) is 0 Å². The van der Waals surface area contributed by atoms with E-state index in [0.29, 0.717) is 10.0 Å². The first-order chi connectivity index (χ1) is 9.16. The number of benzene rings is 2. The lowest BCUT2D eigenvalue weighted by Crippen LogP contribution is -2.01. The molecule has 0 bridgehead atoms. The van der Waals surface area contributed by atoms with Crippen molar-refractivity contribution in [3.63, 3.8) is 0 Å². The number of fused-ring (bicyclic) bond motifs is 1. The van der Waals surface area contributed by atoms with Gasteiger partial charge in [0.15, 0.2) is 0 Å². The molecule has 0 amide bonds. The summed E-state index contributed by atoms with van der Waals surface area (Å²) < 4.78 is 13.7. The summed E-state index contributed by atoms with van der Waals surface area (Å²) in [6.07, 6.45) is 1.04. The third-order valence-electron chi connectivity index (χ3n) is 3.18. The molecule has 0 spiro atoms. The van der Waals surface area contributed by atoms with Crippen molar-refractivity contribution < 1.29 is 9.50 Å². The molecule has 3 aromatic rings. The highest BCUT2D eigenvalue weighted by atomic mass is 79.9. The number of H-pyrrole nitrogens is 1. The summed E-state index contributed by atoms with van der Waals surface area (Å²) in [7, 11) is 0. The zero-order chi connectivity index (χ0) is 13.4. The molecule has 2 nitrogen and oxygen atoms in total. The van der Waals surface area contributed by atoms with Crippen molar-refractivity contribution in [2.75, 3.05) is 0 Å². The summed E-state index contributed by atoms with van der Waals surface area (Å²) in [6.45, 7) is 0. The molecule has 0 aliphatic carbocycles. The van der Waals surface area contributed by atoms with Crippen molar-refractivity contribution >= 4 is 26.8 Å². The molecule has 4 heteroatoms. The number of rotatable bonds is 2. The molecule has 0 aliphatic heterocycles. The molecule has 96 valence electrons. The van der Waals surface area contributed by atoms with E-state index in [1.165, 1.54) is 12.1 Å². The van der Waals surface area contributed by atoms with Crippen LogP contribution in [0, 0.1) is 5.82 Å². The van der Waals surface area contributed by atoms with Crippen molar-refractivity contribution in [3.8, 4) is 0 Å². The molecule has 1 aromatic heterocycles. The van der Waals surface area contributed by atoms with Gasteiger partial charge in [0.2, 0.25) is 0 Å². The van der Waals surface area contributed by atoms with Gasteiger partial charge in [-0.1, -0.05) is 34.1 Å². The Balaban J connectivity index is 2.13. The molecule has 2 aromatic carbocycles. The largest absolute Gasteiger partial charge is 0.384 e. The minimum atomic E-state index is -0.797. The molecule has 0 saturated carbocycles. The molecule has 0 fully saturated rings. The van der Waals surface area contributed by atoms with E-state index < -0.39 is 6.10 Å². The maximum Gasteiger partial charge on any atom is 0.124 e. The lowest BCUT2D eigenvalue weighted by atomic mass is 9.98. The van der Waals surface area contributed by atoms with E-state index in [1.807, 2.05) is 30.5 Å². The molecule has 1 atom stereocenters. The van der Waals surface area contributed by atoms with Gasteiger partial charge in [-0.15, -0.1) is 0 Å². The van der Waals surface area contributed by atoms with Crippen molar-refractivity contribution in [2.24, 2.45) is 0 Å². The second-order valence-electron chi connectivity index (χ2n) is 4.35. The molecule has 0 radical (unpaired) electrons. The van der Waals surface area contributed by atoms with Crippen LogP contribution in [0.4, 0.5) is 4.39 Å². The minimum absolute atomic E-state index is 0.331. The van der Waals surface area contributed by atoms with Crippen molar-refractivity contribution in [2.45, 2.75) is 6.10 Å². The zero-order valence-corrected chi connectivity index (χ0v) is 11.5. The molecular weight excluding hydrogens is 309 g/mol. The summed E-state index contributed by atoms with van der Waals surface area (Å²) in [6, 6.07) is 11.9. The number of aromatic amines is 1. The number of aliphatic hydroxyl groups excluding tert-OH is 1. The van der Waals surface area contributed by atoms with Gasteiger partial charge in [-0.25, -0.2) is 4.39 Å². The van der Waals surface area contributed by atoms with Crippen LogP contribution in [-0.4, -0.2) is 10.1 Å². The number of hydrogen-bond donors (Lipinski definition) is 2. The van der Waals surface area contributed by atoms with Crippen molar-refractivity contribution in [1.82, 2.24) is 4.98 Å². The van der Waals surface area contributed by atoms with Gasteiger partial charge in [0.05, 0.1) is 0 Å². The van der Waals surface area contributed by atoms with Gasteiger partial charge < -0.3 is 10.1 Å². The molecule has 19 heavy (non-hydrogen) atoms. The first-order valence-corrected chi connectivity index (χ1v) is 6.65. The summed E-state index contributed by atoms with van der Waals surface area (Å²) in [5.41, 5.74) is 2.41. The fourth-order valence-electron chi connectivity index (χ4n) is 2.24. The van der Waals surface area contributed by atoms with Gasteiger partial charge >= 0.3 is 0 Å². The van der Waals surface area contributed by atoms with E-state index in [-0.39, 0.29) is 5.82 Å². The Morgan fingerprint density at radius 1 is 1.11 bits per heavy atom. The highest BCUT2D eigenvalue weighted by molar-refractivity contribution is 9.10. The lowest BCUT2D eigenvalue weighted by Gasteiger charge is -2.14. The lowest BCUT2D eigenvalue weighted by molar-refractivity contribution is 0.221. The Hall–Kier alpha value is -1.65. The Kier molecular flexibility index (Phi) is 3.12. The van der Waals surface area contributed by atoms with Gasteiger partial charge in [-0.3, -0.25) is 0 Å². The average molecular weight is 320 g/mol. The highest BCUT2D eigenvalue weighted by Gasteiger charge is 2.16. The second kappa shape index (κ2) is 4.79. The normalized spacial score (nSPS) is 12.8. The number of aromatic nitrogens is 1. The molecule has 3 rings (SSSR count). The first kappa shape index (κ1) is 12.4. The van der Waals surface area contributed by atoms with Gasteiger partial charge in [-0.2, -0.15) is 0 Å². The van der Waals surface area contributed by atoms with Crippen molar-refractivity contribution in [3.05, 3.63) is 70.1 Å². The summed E-state index contributed by atoms with van der Waals surface area (Å²) >= 11 is 3.29. The summed E-state index contributed by atoms with van der Waals surface area (Å²) in [5.74, 6) is -0.331. The number of hydrogen-bond acceptors (Lipinski definition) is 1. The standard InChI is InChI=1S/C15H11BrFNO/c16-13-8-9(17)4-5-12(13)15(19)11-2-1-3-14-10(11)6-7-18-14/h1-8,15,18-19H. The third-order valence-corrected chi connectivity index (χ3v) is 3.87. The number of aliphatic hydroxyl groups is 1. The van der Waals surface area contributed by atoms with E-state index >= 15 is 0 Å². The molecule has 0 aliphatic rings. The topological polar surface area (TPSA) is 36.0 Å². The Bertz CT molecular complexity index is 738. The molecular formula is C15H11BrFNO. The molecule has 1 heterocycles. The predicted molar refractivity (Wildman–Crippen MR) is 76.5 cm³/mol. The quantitative estimate of drug-likeness (QED) is 0.731.